The van der Waals surface area contributed by atoms with Gasteiger partial charge in [0.2, 0.25) is 5.91 Å². The van der Waals surface area contributed by atoms with Gasteiger partial charge in [-0.05, 0) is 55.5 Å². The number of nitrogens with zero attached hydrogens (tertiary/aromatic N) is 1. The van der Waals surface area contributed by atoms with Gasteiger partial charge in [0.15, 0.2) is 0 Å². The van der Waals surface area contributed by atoms with Gasteiger partial charge in [-0.3, -0.25) is 9.59 Å². The van der Waals surface area contributed by atoms with Gasteiger partial charge >= 0.3 is 0 Å². The second-order valence-electron chi connectivity index (χ2n) is 10.9. The van der Waals surface area contributed by atoms with Gasteiger partial charge in [0.25, 0.3) is 5.91 Å². The fraction of sp³-hybridized carbons (Fsp3) is 0.419. The first kappa shape index (κ1) is 24.0. The molecule has 2 N–H and O–H groups in total. The van der Waals surface area contributed by atoms with E-state index < -0.39 is 0 Å². The molecule has 1 saturated heterocycles. The predicted octanol–water partition coefficient (Wildman–Crippen LogP) is 5.63. The van der Waals surface area contributed by atoms with Gasteiger partial charge in [-0.25, -0.2) is 4.39 Å². The number of allylic oxidation sites excluding steroid dienone is 3. The Bertz CT molecular complexity index is 1230. The van der Waals surface area contributed by atoms with E-state index in [4.69, 9.17) is 0 Å². The van der Waals surface area contributed by atoms with E-state index in [2.05, 4.69) is 39.8 Å². The maximum Gasteiger partial charge on any atom is 0.251 e. The van der Waals surface area contributed by atoms with Crippen LogP contribution in [0.2, 0.25) is 0 Å². The summed E-state index contributed by atoms with van der Waals surface area (Å²) in [6.07, 6.45) is 14.0. The van der Waals surface area contributed by atoms with Crippen molar-refractivity contribution in [3.8, 4) is 0 Å². The topological polar surface area (TPSA) is 61.4 Å². The third kappa shape index (κ3) is 4.58. The molecule has 192 valence electrons. The number of anilines is 1. The van der Waals surface area contributed by atoms with Gasteiger partial charge in [-0.15, -0.1) is 0 Å². The Morgan fingerprint density at radius 1 is 1.00 bits per heavy atom. The number of fused-ring (bicyclic) bond motifs is 3. The summed E-state index contributed by atoms with van der Waals surface area (Å²) in [5.74, 6) is 0.0508. The van der Waals surface area contributed by atoms with Crippen LogP contribution in [0, 0.1) is 23.6 Å². The number of halogens is 1. The number of hydrogen-bond acceptors (Lipinski definition) is 3. The van der Waals surface area contributed by atoms with E-state index in [1.807, 2.05) is 24.3 Å². The summed E-state index contributed by atoms with van der Waals surface area (Å²) in [6, 6.07) is 14.0. The van der Waals surface area contributed by atoms with Crippen LogP contribution in [-0.2, 0) is 4.79 Å². The zero-order valence-corrected chi connectivity index (χ0v) is 21.0. The van der Waals surface area contributed by atoms with E-state index in [1.54, 1.807) is 18.2 Å². The Balaban J connectivity index is 1.27. The van der Waals surface area contributed by atoms with Crippen molar-refractivity contribution in [2.24, 2.45) is 17.8 Å². The molecule has 6 rings (SSSR count). The largest absolute Gasteiger partial charge is 0.381 e. The van der Waals surface area contributed by atoms with Crippen LogP contribution >= 0.6 is 0 Å². The van der Waals surface area contributed by atoms with Crippen LogP contribution < -0.4 is 10.6 Å². The second kappa shape index (κ2) is 10.2. The second-order valence-corrected chi connectivity index (χ2v) is 10.9. The van der Waals surface area contributed by atoms with Crippen LogP contribution in [0.4, 0.5) is 10.1 Å². The molecule has 0 spiro atoms. The molecule has 1 saturated carbocycles. The van der Waals surface area contributed by atoms with E-state index in [0.717, 1.165) is 49.8 Å². The molecule has 2 fully saturated rings. The van der Waals surface area contributed by atoms with E-state index in [-0.39, 0.29) is 47.6 Å². The highest BCUT2D eigenvalue weighted by Crippen LogP contribution is 2.49. The minimum atomic E-state index is -0.269. The molecule has 2 aromatic rings. The van der Waals surface area contributed by atoms with E-state index in [9.17, 15) is 14.0 Å². The summed E-state index contributed by atoms with van der Waals surface area (Å²) in [4.78, 5) is 29.2. The molecule has 0 bridgehead atoms. The summed E-state index contributed by atoms with van der Waals surface area (Å²) in [6.45, 7) is 0.686. The number of carbonyl (C=O) groups is 2. The molecule has 2 amide bonds. The third-order valence-electron chi connectivity index (χ3n) is 8.76. The van der Waals surface area contributed by atoms with Crippen molar-refractivity contribution in [1.82, 2.24) is 10.2 Å². The van der Waals surface area contributed by atoms with Crippen LogP contribution in [0.25, 0.3) is 0 Å². The van der Waals surface area contributed by atoms with Crippen molar-refractivity contribution < 1.29 is 14.0 Å². The number of carbonyl (C=O) groups excluding carboxylic acids is 2. The number of likely N-dealkylation sites (tertiary alicyclic amines) is 1. The van der Waals surface area contributed by atoms with E-state index in [0.29, 0.717) is 18.0 Å². The quantitative estimate of drug-likeness (QED) is 0.573. The van der Waals surface area contributed by atoms with Crippen LogP contribution in [0.15, 0.2) is 72.8 Å². The maximum absolute atomic E-state index is 14.3. The molecule has 37 heavy (non-hydrogen) atoms. The number of benzene rings is 2. The summed E-state index contributed by atoms with van der Waals surface area (Å²) < 4.78 is 14.3. The molecule has 2 aromatic carbocycles. The molecule has 4 aliphatic rings. The SMILES string of the molecule is O=C(N[C@@H]1CCCC[C@@H]1C(=O)N1CC[C@@H]2[C@H](C3C=CC=CC3)Nc3cc(F)ccc3[C@@H]21)c1ccccc1. The standard InChI is InChI=1S/C31H34FN3O2/c32-22-15-16-23-27(19-22)33-28(20-9-3-1-4-10-20)25-17-18-35(29(23)25)31(37)24-13-7-8-14-26(24)34-30(36)21-11-5-2-6-12-21/h1-6,9,11-12,15-16,19-20,24-26,28-29,33H,7-8,10,13-14,17-18H2,(H,34,36)/t20?,24-,25+,26+,28-,29-/m0/s1. The Kier molecular flexibility index (Phi) is 6.58. The number of hydrogen-bond donors (Lipinski definition) is 2. The first-order valence-electron chi connectivity index (χ1n) is 13.7. The van der Waals surface area contributed by atoms with Gasteiger partial charge < -0.3 is 15.5 Å². The number of nitrogens with one attached hydrogen (secondary N) is 2. The van der Waals surface area contributed by atoms with Crippen molar-refractivity contribution in [3.63, 3.8) is 0 Å². The Morgan fingerprint density at radius 2 is 1.84 bits per heavy atom. The molecule has 6 atom stereocenters. The molecule has 0 aromatic heterocycles. The van der Waals surface area contributed by atoms with Crippen molar-refractivity contribution in [3.05, 3.63) is 89.8 Å². The molecular formula is C31H34FN3O2. The average molecular weight is 500 g/mol. The van der Waals surface area contributed by atoms with Crippen molar-refractivity contribution in [1.29, 1.82) is 0 Å². The summed E-state index contributed by atoms with van der Waals surface area (Å²) >= 11 is 0. The molecule has 2 aliphatic heterocycles. The van der Waals surface area contributed by atoms with Crippen molar-refractivity contribution >= 4 is 17.5 Å². The minimum absolute atomic E-state index is 0.0824. The molecule has 0 radical (unpaired) electrons. The zero-order valence-electron chi connectivity index (χ0n) is 21.0. The fourth-order valence-corrected chi connectivity index (χ4v) is 6.98. The Labute approximate surface area is 217 Å². The molecule has 2 aliphatic carbocycles. The molecular weight excluding hydrogens is 465 g/mol. The van der Waals surface area contributed by atoms with Crippen LogP contribution in [-0.4, -0.2) is 35.3 Å². The van der Waals surface area contributed by atoms with Gasteiger partial charge in [0.05, 0.1) is 12.0 Å². The lowest BCUT2D eigenvalue weighted by Crippen LogP contribution is -2.51. The number of rotatable bonds is 4. The minimum Gasteiger partial charge on any atom is -0.381 e. The lowest BCUT2D eigenvalue weighted by molar-refractivity contribution is -0.139. The number of amides is 2. The van der Waals surface area contributed by atoms with Crippen LogP contribution in [0.5, 0.6) is 0 Å². The highest BCUT2D eigenvalue weighted by molar-refractivity contribution is 5.95. The van der Waals surface area contributed by atoms with Gasteiger partial charge in [0, 0.05) is 41.7 Å². The zero-order chi connectivity index (χ0) is 25.4. The van der Waals surface area contributed by atoms with E-state index in [1.165, 1.54) is 6.07 Å². The Morgan fingerprint density at radius 3 is 2.65 bits per heavy atom. The predicted molar refractivity (Wildman–Crippen MR) is 142 cm³/mol. The third-order valence-corrected chi connectivity index (χ3v) is 8.76. The van der Waals surface area contributed by atoms with Crippen LogP contribution in [0.3, 0.4) is 0 Å². The van der Waals surface area contributed by atoms with Crippen LogP contribution in [0.1, 0.15) is 60.5 Å². The normalized spacial score (nSPS) is 30.2. The van der Waals surface area contributed by atoms with Gasteiger partial charge in [0.1, 0.15) is 5.82 Å². The fourth-order valence-electron chi connectivity index (χ4n) is 6.98. The summed E-state index contributed by atoms with van der Waals surface area (Å²) in [7, 11) is 0. The monoisotopic (exact) mass is 499 g/mol. The van der Waals surface area contributed by atoms with E-state index >= 15 is 0 Å². The highest BCUT2D eigenvalue weighted by Gasteiger charge is 2.49. The van der Waals surface area contributed by atoms with Gasteiger partial charge in [-0.1, -0.05) is 61.4 Å². The van der Waals surface area contributed by atoms with Crippen molar-refractivity contribution in [2.75, 3.05) is 11.9 Å². The summed E-state index contributed by atoms with van der Waals surface area (Å²) in [5, 5.41) is 6.83. The first-order valence-corrected chi connectivity index (χ1v) is 13.7. The first-order chi connectivity index (χ1) is 18.1. The lowest BCUT2D eigenvalue weighted by atomic mass is 9.75. The maximum atomic E-state index is 14.3. The molecule has 1 unspecified atom stereocenters. The van der Waals surface area contributed by atoms with Gasteiger partial charge in [-0.2, -0.15) is 0 Å². The molecule has 2 heterocycles. The summed E-state index contributed by atoms with van der Waals surface area (Å²) in [5.41, 5.74) is 2.42. The smallest absolute Gasteiger partial charge is 0.251 e. The lowest BCUT2D eigenvalue weighted by Gasteiger charge is -2.44. The Hall–Kier alpha value is -3.41. The average Bonchev–Trinajstić information content (AvgIpc) is 3.39. The molecule has 5 nitrogen and oxygen atoms in total. The molecule has 6 heteroatoms. The van der Waals surface area contributed by atoms with Crippen molar-refractivity contribution in [2.45, 2.75) is 56.7 Å². The highest BCUT2D eigenvalue weighted by atomic mass is 19.1.